The third-order valence-corrected chi connectivity index (χ3v) is 3.61. The minimum absolute atomic E-state index is 0.867. The second kappa shape index (κ2) is 6.95. The normalized spacial score (nSPS) is 17.6. The molecule has 4 nitrogen and oxygen atoms in total. The number of nitrogens with zero attached hydrogens (tertiary/aromatic N) is 3. The van der Waals surface area contributed by atoms with E-state index in [2.05, 4.69) is 30.7 Å². The van der Waals surface area contributed by atoms with Crippen molar-refractivity contribution >= 4 is 21.7 Å². The van der Waals surface area contributed by atoms with Crippen LogP contribution in [0.1, 0.15) is 6.42 Å². The first-order valence-corrected chi connectivity index (χ1v) is 7.49. The fourth-order valence-corrected chi connectivity index (χ4v) is 2.81. The van der Waals surface area contributed by atoms with Gasteiger partial charge < -0.3 is 14.5 Å². The molecular weight excluding hydrogens is 294 g/mol. The number of hydrogen-bond acceptors (Lipinski definition) is 4. The highest BCUT2D eigenvalue weighted by Gasteiger charge is 2.18. The Kier molecular flexibility index (Phi) is 5.26. The number of halogens is 1. The molecule has 100 valence electrons. The SMILES string of the molecule is COc1cccnc1N1CCCN(CCBr)CC1. The Labute approximate surface area is 117 Å². The van der Waals surface area contributed by atoms with Gasteiger partial charge in [-0.15, -0.1) is 0 Å². The number of anilines is 1. The molecule has 0 unspecified atom stereocenters. The van der Waals surface area contributed by atoms with Crippen LogP contribution in [0.25, 0.3) is 0 Å². The van der Waals surface area contributed by atoms with Crippen molar-refractivity contribution in [2.45, 2.75) is 6.42 Å². The first-order valence-electron chi connectivity index (χ1n) is 6.37. The molecule has 0 radical (unpaired) electrons. The molecule has 1 aromatic rings. The topological polar surface area (TPSA) is 28.6 Å². The summed E-state index contributed by atoms with van der Waals surface area (Å²) in [5.41, 5.74) is 0. The maximum Gasteiger partial charge on any atom is 0.171 e. The molecule has 0 aliphatic carbocycles. The summed E-state index contributed by atoms with van der Waals surface area (Å²) >= 11 is 3.51. The van der Waals surface area contributed by atoms with Crippen LogP contribution in [0.3, 0.4) is 0 Å². The molecule has 0 atom stereocenters. The van der Waals surface area contributed by atoms with E-state index >= 15 is 0 Å². The van der Waals surface area contributed by atoms with E-state index in [1.807, 2.05) is 18.3 Å². The van der Waals surface area contributed by atoms with E-state index < -0.39 is 0 Å². The van der Waals surface area contributed by atoms with E-state index in [0.717, 1.165) is 49.6 Å². The van der Waals surface area contributed by atoms with Gasteiger partial charge in [-0.05, 0) is 25.1 Å². The highest BCUT2D eigenvalue weighted by Crippen LogP contribution is 2.25. The predicted octanol–water partition coefficient (Wildman–Crippen LogP) is 2.00. The lowest BCUT2D eigenvalue weighted by molar-refractivity contribution is 0.313. The van der Waals surface area contributed by atoms with Crippen molar-refractivity contribution in [2.24, 2.45) is 0 Å². The van der Waals surface area contributed by atoms with Crippen molar-refractivity contribution < 1.29 is 4.74 Å². The van der Waals surface area contributed by atoms with Gasteiger partial charge in [-0.3, -0.25) is 0 Å². The van der Waals surface area contributed by atoms with Crippen molar-refractivity contribution in [1.29, 1.82) is 0 Å². The lowest BCUT2D eigenvalue weighted by atomic mass is 10.3. The summed E-state index contributed by atoms with van der Waals surface area (Å²) in [5, 5.41) is 1.04. The van der Waals surface area contributed by atoms with Gasteiger partial charge in [0.25, 0.3) is 0 Å². The van der Waals surface area contributed by atoms with Crippen molar-refractivity contribution in [3.8, 4) is 5.75 Å². The average Bonchev–Trinajstić information content (AvgIpc) is 2.65. The largest absolute Gasteiger partial charge is 0.493 e. The minimum Gasteiger partial charge on any atom is -0.493 e. The van der Waals surface area contributed by atoms with Crippen LogP contribution < -0.4 is 9.64 Å². The summed E-state index contributed by atoms with van der Waals surface area (Å²) in [6, 6.07) is 3.89. The van der Waals surface area contributed by atoms with Crippen molar-refractivity contribution in [3.63, 3.8) is 0 Å². The maximum absolute atomic E-state index is 5.39. The predicted molar refractivity (Wildman–Crippen MR) is 77.9 cm³/mol. The van der Waals surface area contributed by atoms with Crippen LogP contribution in [-0.4, -0.2) is 55.0 Å². The van der Waals surface area contributed by atoms with E-state index in [9.17, 15) is 0 Å². The number of alkyl halides is 1. The Morgan fingerprint density at radius 2 is 2.22 bits per heavy atom. The molecule has 2 rings (SSSR count). The number of rotatable bonds is 4. The maximum atomic E-state index is 5.39. The molecule has 0 N–H and O–H groups in total. The molecule has 1 fully saturated rings. The van der Waals surface area contributed by atoms with Gasteiger partial charge in [0.1, 0.15) is 0 Å². The fourth-order valence-electron chi connectivity index (χ4n) is 2.30. The van der Waals surface area contributed by atoms with Gasteiger partial charge in [0.05, 0.1) is 7.11 Å². The van der Waals surface area contributed by atoms with Gasteiger partial charge >= 0.3 is 0 Å². The smallest absolute Gasteiger partial charge is 0.171 e. The number of methoxy groups -OCH3 is 1. The van der Waals surface area contributed by atoms with Gasteiger partial charge in [0, 0.05) is 37.7 Å². The van der Waals surface area contributed by atoms with Gasteiger partial charge in [-0.25, -0.2) is 4.98 Å². The number of hydrogen-bond donors (Lipinski definition) is 0. The van der Waals surface area contributed by atoms with Crippen LogP contribution in [0.2, 0.25) is 0 Å². The summed E-state index contributed by atoms with van der Waals surface area (Å²) < 4.78 is 5.39. The van der Waals surface area contributed by atoms with Gasteiger partial charge in [-0.2, -0.15) is 0 Å². The van der Waals surface area contributed by atoms with Crippen LogP contribution in [0.4, 0.5) is 5.82 Å². The zero-order chi connectivity index (χ0) is 12.8. The summed E-state index contributed by atoms with van der Waals surface area (Å²) in [4.78, 5) is 9.28. The summed E-state index contributed by atoms with van der Waals surface area (Å²) in [6.07, 6.45) is 3.01. The van der Waals surface area contributed by atoms with Gasteiger partial charge in [-0.1, -0.05) is 15.9 Å². The molecule has 0 spiro atoms. The van der Waals surface area contributed by atoms with E-state index in [1.54, 1.807) is 7.11 Å². The molecule has 0 aromatic carbocycles. The molecular formula is C13H20BrN3O. The third kappa shape index (κ3) is 3.36. The molecule has 1 aromatic heterocycles. The summed E-state index contributed by atoms with van der Waals surface area (Å²) in [7, 11) is 1.70. The molecule has 0 saturated carbocycles. The van der Waals surface area contributed by atoms with Crippen molar-refractivity contribution in [1.82, 2.24) is 9.88 Å². The Morgan fingerprint density at radius 1 is 1.33 bits per heavy atom. The molecule has 1 aliphatic heterocycles. The molecule has 0 amide bonds. The third-order valence-electron chi connectivity index (χ3n) is 3.26. The van der Waals surface area contributed by atoms with Crippen molar-refractivity contribution in [2.75, 3.05) is 50.1 Å². The van der Waals surface area contributed by atoms with E-state index in [0.29, 0.717) is 0 Å². The van der Waals surface area contributed by atoms with E-state index in [4.69, 9.17) is 4.74 Å². The van der Waals surface area contributed by atoms with Gasteiger partial charge in [0.15, 0.2) is 11.6 Å². The van der Waals surface area contributed by atoms with E-state index in [-0.39, 0.29) is 0 Å². The van der Waals surface area contributed by atoms with E-state index in [1.165, 1.54) is 6.42 Å². The summed E-state index contributed by atoms with van der Waals surface area (Å²) in [5.74, 6) is 1.84. The molecule has 0 bridgehead atoms. The first-order chi connectivity index (χ1) is 8.85. The Hall–Kier alpha value is -0.810. The Bertz CT molecular complexity index is 375. The summed E-state index contributed by atoms with van der Waals surface area (Å²) in [6.45, 7) is 5.43. The highest BCUT2D eigenvalue weighted by atomic mass is 79.9. The van der Waals surface area contributed by atoms with Crippen LogP contribution >= 0.6 is 15.9 Å². The number of aromatic nitrogens is 1. The second-order valence-corrected chi connectivity index (χ2v) is 5.19. The Morgan fingerprint density at radius 3 is 3.00 bits per heavy atom. The molecule has 1 saturated heterocycles. The van der Waals surface area contributed by atoms with Crippen LogP contribution in [0.15, 0.2) is 18.3 Å². The van der Waals surface area contributed by atoms with Crippen LogP contribution in [0.5, 0.6) is 5.75 Å². The zero-order valence-corrected chi connectivity index (χ0v) is 12.4. The second-order valence-electron chi connectivity index (χ2n) is 4.40. The van der Waals surface area contributed by atoms with Crippen molar-refractivity contribution in [3.05, 3.63) is 18.3 Å². The molecule has 5 heteroatoms. The monoisotopic (exact) mass is 313 g/mol. The molecule has 18 heavy (non-hydrogen) atoms. The van der Waals surface area contributed by atoms with Crippen LogP contribution in [-0.2, 0) is 0 Å². The number of pyridine rings is 1. The molecule has 1 aliphatic rings. The standard InChI is InChI=1S/C13H20BrN3O/c1-18-12-4-2-6-15-13(12)17-8-3-7-16(9-5-14)10-11-17/h2,4,6H,3,5,7-11H2,1H3. The molecule has 2 heterocycles. The number of ether oxygens (including phenoxy) is 1. The highest BCUT2D eigenvalue weighted by molar-refractivity contribution is 9.09. The lowest BCUT2D eigenvalue weighted by Gasteiger charge is -2.23. The average molecular weight is 314 g/mol. The zero-order valence-electron chi connectivity index (χ0n) is 10.8. The van der Waals surface area contributed by atoms with Gasteiger partial charge in [0.2, 0.25) is 0 Å². The first kappa shape index (κ1) is 13.6. The minimum atomic E-state index is 0.867. The lowest BCUT2D eigenvalue weighted by Crippen LogP contribution is -2.32. The fraction of sp³-hybridized carbons (Fsp3) is 0.615. The van der Waals surface area contributed by atoms with Crippen LogP contribution in [0, 0.1) is 0 Å². The Balaban J connectivity index is 2.05. The quantitative estimate of drug-likeness (QED) is 0.795.